The van der Waals surface area contributed by atoms with E-state index in [4.69, 9.17) is 9.47 Å². The molecule has 5 heteroatoms. The van der Waals surface area contributed by atoms with E-state index in [0.717, 1.165) is 12.1 Å². The molecule has 0 spiro atoms. The van der Waals surface area contributed by atoms with Crippen LogP contribution in [-0.4, -0.2) is 51.7 Å². The van der Waals surface area contributed by atoms with E-state index in [9.17, 15) is 4.79 Å². The Kier molecular flexibility index (Phi) is 6.15. The third kappa shape index (κ3) is 4.79. The minimum atomic E-state index is -0.0575. The predicted molar refractivity (Wildman–Crippen MR) is 74.8 cm³/mol. The fourth-order valence-corrected chi connectivity index (χ4v) is 1.55. The topological polar surface area (TPSA) is 50.8 Å². The van der Waals surface area contributed by atoms with Gasteiger partial charge in [0.25, 0.3) is 5.91 Å². The second kappa shape index (κ2) is 7.63. The van der Waals surface area contributed by atoms with Crippen molar-refractivity contribution in [1.82, 2.24) is 10.2 Å². The number of carbonyl (C=O) groups is 1. The maximum Gasteiger partial charge on any atom is 0.260 e. The number of hydrogen-bond donors (Lipinski definition) is 1. The minimum Gasteiger partial charge on any atom is -0.493 e. The highest BCUT2D eigenvalue weighted by atomic mass is 16.5. The molecular weight excluding hydrogens is 244 g/mol. The number of aryl methyl sites for hydroxylation is 1. The zero-order chi connectivity index (χ0) is 14.3. The Bertz CT molecular complexity index is 421. The molecule has 0 atom stereocenters. The molecule has 1 N–H and O–H groups in total. The largest absolute Gasteiger partial charge is 0.493 e. The highest BCUT2D eigenvalue weighted by Gasteiger charge is 2.11. The third-order valence-electron chi connectivity index (χ3n) is 2.79. The van der Waals surface area contributed by atoms with E-state index < -0.39 is 0 Å². The highest BCUT2D eigenvalue weighted by molar-refractivity contribution is 5.77. The average Bonchev–Trinajstić information content (AvgIpc) is 2.42. The molecule has 0 aliphatic rings. The van der Waals surface area contributed by atoms with Crippen molar-refractivity contribution < 1.29 is 14.3 Å². The number of benzene rings is 1. The van der Waals surface area contributed by atoms with Gasteiger partial charge in [-0.15, -0.1) is 0 Å². The van der Waals surface area contributed by atoms with Crippen LogP contribution < -0.4 is 14.8 Å². The number of methoxy groups -OCH3 is 1. The van der Waals surface area contributed by atoms with Crippen molar-refractivity contribution in [3.8, 4) is 11.5 Å². The summed E-state index contributed by atoms with van der Waals surface area (Å²) in [6.45, 7) is 3.41. The van der Waals surface area contributed by atoms with E-state index in [2.05, 4.69) is 5.32 Å². The Labute approximate surface area is 114 Å². The highest BCUT2D eigenvalue weighted by Crippen LogP contribution is 2.27. The molecule has 0 saturated heterocycles. The van der Waals surface area contributed by atoms with Crippen LogP contribution in [0.15, 0.2) is 18.2 Å². The predicted octanol–water partition coefficient (Wildman–Crippen LogP) is 1.06. The Hall–Kier alpha value is -1.75. The van der Waals surface area contributed by atoms with Crippen LogP contribution >= 0.6 is 0 Å². The van der Waals surface area contributed by atoms with E-state index in [-0.39, 0.29) is 12.5 Å². The first-order valence-corrected chi connectivity index (χ1v) is 6.24. The molecule has 19 heavy (non-hydrogen) atoms. The Balaban J connectivity index is 2.54. The van der Waals surface area contributed by atoms with Crippen LogP contribution in [0.3, 0.4) is 0 Å². The van der Waals surface area contributed by atoms with Gasteiger partial charge in [-0.3, -0.25) is 4.79 Å². The molecular formula is C14H22N2O3. The molecule has 0 aromatic heterocycles. The number of rotatable bonds is 7. The van der Waals surface area contributed by atoms with Crippen molar-refractivity contribution in [2.45, 2.75) is 6.92 Å². The molecule has 1 aromatic rings. The summed E-state index contributed by atoms with van der Waals surface area (Å²) in [5, 5.41) is 3.00. The van der Waals surface area contributed by atoms with Gasteiger partial charge in [0, 0.05) is 20.1 Å². The van der Waals surface area contributed by atoms with Crippen LogP contribution in [0.5, 0.6) is 11.5 Å². The van der Waals surface area contributed by atoms with Crippen molar-refractivity contribution in [2.24, 2.45) is 0 Å². The van der Waals surface area contributed by atoms with Gasteiger partial charge in [-0.25, -0.2) is 0 Å². The van der Waals surface area contributed by atoms with Crippen molar-refractivity contribution in [3.05, 3.63) is 23.8 Å². The number of amides is 1. The summed E-state index contributed by atoms with van der Waals surface area (Å²) in [6, 6.07) is 5.62. The molecule has 1 amide bonds. The molecule has 0 unspecified atom stereocenters. The van der Waals surface area contributed by atoms with Gasteiger partial charge in [-0.05, 0) is 31.7 Å². The van der Waals surface area contributed by atoms with Crippen LogP contribution in [-0.2, 0) is 4.79 Å². The lowest BCUT2D eigenvalue weighted by molar-refractivity contribution is -0.132. The molecule has 0 heterocycles. The van der Waals surface area contributed by atoms with E-state index in [1.165, 1.54) is 0 Å². The van der Waals surface area contributed by atoms with Crippen molar-refractivity contribution in [2.75, 3.05) is 40.9 Å². The van der Waals surface area contributed by atoms with Crippen LogP contribution in [0.1, 0.15) is 5.56 Å². The number of likely N-dealkylation sites (N-methyl/N-ethyl adjacent to an activating group) is 2. The molecule has 106 valence electrons. The van der Waals surface area contributed by atoms with Gasteiger partial charge in [0.2, 0.25) is 0 Å². The SMILES string of the molecule is CNCCN(C)C(=O)COc1ccc(C)cc1OC. The molecule has 0 aliphatic heterocycles. The lowest BCUT2D eigenvalue weighted by Crippen LogP contribution is -2.35. The standard InChI is InChI=1S/C14H22N2O3/c1-11-5-6-12(13(9-11)18-4)19-10-14(17)16(3)8-7-15-2/h5-6,9,15H,7-8,10H2,1-4H3. The Morgan fingerprint density at radius 2 is 2.11 bits per heavy atom. The smallest absolute Gasteiger partial charge is 0.260 e. The second-order valence-electron chi connectivity index (χ2n) is 4.36. The van der Waals surface area contributed by atoms with Gasteiger partial charge in [0.15, 0.2) is 18.1 Å². The summed E-state index contributed by atoms with van der Waals surface area (Å²) in [4.78, 5) is 13.5. The molecule has 0 radical (unpaired) electrons. The lowest BCUT2D eigenvalue weighted by atomic mass is 10.2. The number of nitrogens with zero attached hydrogens (tertiary/aromatic N) is 1. The molecule has 5 nitrogen and oxygen atoms in total. The minimum absolute atomic E-state index is 0.0135. The molecule has 0 fully saturated rings. The fourth-order valence-electron chi connectivity index (χ4n) is 1.55. The average molecular weight is 266 g/mol. The number of nitrogens with one attached hydrogen (secondary N) is 1. The summed E-state index contributed by atoms with van der Waals surface area (Å²) >= 11 is 0. The van der Waals surface area contributed by atoms with Gasteiger partial charge in [-0.1, -0.05) is 6.07 Å². The van der Waals surface area contributed by atoms with Crippen molar-refractivity contribution in [3.63, 3.8) is 0 Å². The molecule has 1 rings (SSSR count). The lowest BCUT2D eigenvalue weighted by Gasteiger charge is -2.18. The van der Waals surface area contributed by atoms with Gasteiger partial charge in [-0.2, -0.15) is 0 Å². The maximum atomic E-state index is 11.8. The first kappa shape index (κ1) is 15.3. The summed E-state index contributed by atoms with van der Waals surface area (Å²) in [5.74, 6) is 1.17. The zero-order valence-corrected chi connectivity index (χ0v) is 12.0. The quantitative estimate of drug-likeness (QED) is 0.802. The summed E-state index contributed by atoms with van der Waals surface area (Å²) in [5.41, 5.74) is 1.08. The van der Waals surface area contributed by atoms with E-state index in [1.54, 1.807) is 19.1 Å². The molecule has 0 bridgehead atoms. The van der Waals surface area contributed by atoms with Gasteiger partial charge < -0.3 is 19.7 Å². The summed E-state index contributed by atoms with van der Waals surface area (Å²) < 4.78 is 10.7. The van der Waals surface area contributed by atoms with Crippen molar-refractivity contribution in [1.29, 1.82) is 0 Å². The number of hydrogen-bond acceptors (Lipinski definition) is 4. The van der Waals surface area contributed by atoms with E-state index >= 15 is 0 Å². The van der Waals surface area contributed by atoms with Gasteiger partial charge in [0.1, 0.15) is 0 Å². The molecule has 0 saturated carbocycles. The van der Waals surface area contributed by atoms with Gasteiger partial charge >= 0.3 is 0 Å². The number of carbonyl (C=O) groups excluding carboxylic acids is 1. The first-order chi connectivity index (χ1) is 9.08. The Morgan fingerprint density at radius 3 is 2.74 bits per heavy atom. The molecule has 1 aromatic carbocycles. The summed E-state index contributed by atoms with van der Waals surface area (Å²) in [7, 11) is 5.20. The number of ether oxygens (including phenoxy) is 2. The fraction of sp³-hybridized carbons (Fsp3) is 0.500. The second-order valence-corrected chi connectivity index (χ2v) is 4.36. The van der Waals surface area contributed by atoms with Crippen LogP contribution in [0.25, 0.3) is 0 Å². The first-order valence-electron chi connectivity index (χ1n) is 6.24. The third-order valence-corrected chi connectivity index (χ3v) is 2.79. The van der Waals surface area contributed by atoms with E-state index in [1.807, 2.05) is 32.2 Å². The monoisotopic (exact) mass is 266 g/mol. The van der Waals surface area contributed by atoms with E-state index in [0.29, 0.717) is 18.0 Å². The van der Waals surface area contributed by atoms with Gasteiger partial charge in [0.05, 0.1) is 7.11 Å². The molecule has 0 aliphatic carbocycles. The van der Waals surface area contributed by atoms with Crippen LogP contribution in [0.2, 0.25) is 0 Å². The normalized spacial score (nSPS) is 10.1. The van der Waals surface area contributed by atoms with Crippen molar-refractivity contribution >= 4 is 5.91 Å². The Morgan fingerprint density at radius 1 is 1.37 bits per heavy atom. The maximum absolute atomic E-state index is 11.8. The zero-order valence-electron chi connectivity index (χ0n) is 12.0. The van der Waals surface area contributed by atoms with Crippen LogP contribution in [0.4, 0.5) is 0 Å². The summed E-state index contributed by atoms with van der Waals surface area (Å²) in [6.07, 6.45) is 0. The van der Waals surface area contributed by atoms with Crippen LogP contribution in [0, 0.1) is 6.92 Å².